The van der Waals surface area contributed by atoms with Crippen LogP contribution in [0, 0.1) is 0 Å². The van der Waals surface area contributed by atoms with Gasteiger partial charge in [-0.3, -0.25) is 0 Å². The van der Waals surface area contributed by atoms with Crippen LogP contribution in [0.25, 0.3) is 6.08 Å². The average Bonchev–Trinajstić information content (AvgIpc) is 2.42. The number of hydrogen-bond acceptors (Lipinski definition) is 3. The lowest BCUT2D eigenvalue weighted by molar-refractivity contribution is 0.139. The van der Waals surface area contributed by atoms with Gasteiger partial charge in [0, 0.05) is 19.7 Å². The first-order valence-electron chi connectivity index (χ1n) is 6.51. The Balaban J connectivity index is 1.91. The summed E-state index contributed by atoms with van der Waals surface area (Å²) in [5, 5.41) is 3.25. The highest BCUT2D eigenvalue weighted by Gasteiger charge is 1.88. The maximum absolute atomic E-state index is 5.47. The van der Waals surface area contributed by atoms with Gasteiger partial charge in [-0.2, -0.15) is 0 Å². The monoisotopic (exact) mass is 249 g/mol. The first-order valence-corrected chi connectivity index (χ1v) is 6.51. The van der Waals surface area contributed by atoms with Crippen molar-refractivity contribution in [1.82, 2.24) is 5.32 Å². The van der Waals surface area contributed by atoms with Crippen LogP contribution >= 0.6 is 0 Å². The summed E-state index contributed by atoms with van der Waals surface area (Å²) in [5.74, 6) is 0. The third kappa shape index (κ3) is 8.01. The first-order chi connectivity index (χ1) is 8.93. The number of benzene rings is 1. The SMILES string of the molecule is CCOCCNCCOCC=Cc1ccccc1. The van der Waals surface area contributed by atoms with Crippen LogP contribution < -0.4 is 5.32 Å². The Morgan fingerprint density at radius 3 is 2.50 bits per heavy atom. The third-order valence-corrected chi connectivity index (χ3v) is 2.37. The van der Waals surface area contributed by atoms with Crippen molar-refractivity contribution in [3.63, 3.8) is 0 Å². The smallest absolute Gasteiger partial charge is 0.0651 e. The maximum atomic E-state index is 5.47. The lowest BCUT2D eigenvalue weighted by Crippen LogP contribution is -2.24. The molecule has 0 heterocycles. The number of rotatable bonds is 10. The van der Waals surface area contributed by atoms with E-state index >= 15 is 0 Å². The van der Waals surface area contributed by atoms with E-state index in [0.29, 0.717) is 6.61 Å². The minimum absolute atomic E-state index is 0.655. The summed E-state index contributed by atoms with van der Waals surface area (Å²) in [6.45, 7) is 6.69. The summed E-state index contributed by atoms with van der Waals surface area (Å²) in [7, 11) is 0. The Kier molecular flexibility index (Phi) is 9.07. The van der Waals surface area contributed by atoms with Crippen molar-refractivity contribution in [2.45, 2.75) is 6.92 Å². The largest absolute Gasteiger partial charge is 0.380 e. The minimum Gasteiger partial charge on any atom is -0.380 e. The Labute approximate surface area is 110 Å². The quantitative estimate of drug-likeness (QED) is 0.646. The number of ether oxygens (including phenoxy) is 2. The highest BCUT2D eigenvalue weighted by molar-refractivity contribution is 5.48. The zero-order valence-electron chi connectivity index (χ0n) is 11.1. The summed E-state index contributed by atoms with van der Waals surface area (Å²) in [4.78, 5) is 0. The van der Waals surface area contributed by atoms with Gasteiger partial charge in [0.25, 0.3) is 0 Å². The van der Waals surface area contributed by atoms with Crippen molar-refractivity contribution < 1.29 is 9.47 Å². The fourth-order valence-corrected chi connectivity index (χ4v) is 1.46. The van der Waals surface area contributed by atoms with Gasteiger partial charge < -0.3 is 14.8 Å². The summed E-state index contributed by atoms with van der Waals surface area (Å²) >= 11 is 0. The van der Waals surface area contributed by atoms with E-state index in [9.17, 15) is 0 Å². The van der Waals surface area contributed by atoms with Gasteiger partial charge in [-0.25, -0.2) is 0 Å². The zero-order valence-corrected chi connectivity index (χ0v) is 11.1. The average molecular weight is 249 g/mol. The van der Waals surface area contributed by atoms with Crippen LogP contribution in [-0.2, 0) is 9.47 Å². The second kappa shape index (κ2) is 11.0. The Morgan fingerprint density at radius 2 is 1.78 bits per heavy atom. The molecule has 0 aromatic heterocycles. The van der Waals surface area contributed by atoms with E-state index in [1.165, 1.54) is 5.56 Å². The van der Waals surface area contributed by atoms with Crippen molar-refractivity contribution in [1.29, 1.82) is 0 Å². The molecule has 0 bridgehead atoms. The molecule has 18 heavy (non-hydrogen) atoms. The van der Waals surface area contributed by atoms with Crippen LogP contribution in [0.1, 0.15) is 12.5 Å². The second-order valence-electron chi connectivity index (χ2n) is 3.83. The van der Waals surface area contributed by atoms with Gasteiger partial charge in [0.05, 0.1) is 19.8 Å². The van der Waals surface area contributed by atoms with Gasteiger partial charge in [-0.05, 0) is 12.5 Å². The molecule has 0 aliphatic heterocycles. The number of nitrogens with one attached hydrogen (secondary N) is 1. The Morgan fingerprint density at radius 1 is 1.06 bits per heavy atom. The zero-order chi connectivity index (χ0) is 12.9. The van der Waals surface area contributed by atoms with Gasteiger partial charge in [0.1, 0.15) is 0 Å². The fraction of sp³-hybridized carbons (Fsp3) is 0.467. The molecule has 0 aliphatic carbocycles. The summed E-state index contributed by atoms with van der Waals surface area (Å²) in [5.41, 5.74) is 1.20. The van der Waals surface area contributed by atoms with Crippen LogP contribution in [0.4, 0.5) is 0 Å². The van der Waals surface area contributed by atoms with E-state index in [1.54, 1.807) is 0 Å². The Hall–Kier alpha value is -1.16. The molecule has 1 rings (SSSR count). The van der Waals surface area contributed by atoms with E-state index in [0.717, 1.165) is 32.9 Å². The molecule has 0 spiro atoms. The highest BCUT2D eigenvalue weighted by Crippen LogP contribution is 2.00. The molecule has 0 amide bonds. The molecule has 0 aliphatic rings. The molecule has 0 saturated carbocycles. The van der Waals surface area contributed by atoms with Gasteiger partial charge >= 0.3 is 0 Å². The molecule has 3 heteroatoms. The number of hydrogen-bond donors (Lipinski definition) is 1. The normalized spacial score (nSPS) is 11.2. The van der Waals surface area contributed by atoms with E-state index in [4.69, 9.17) is 9.47 Å². The molecule has 0 radical (unpaired) electrons. The molecule has 0 atom stereocenters. The van der Waals surface area contributed by atoms with E-state index in [2.05, 4.69) is 23.5 Å². The van der Waals surface area contributed by atoms with Gasteiger partial charge in [0.15, 0.2) is 0 Å². The van der Waals surface area contributed by atoms with Gasteiger partial charge in [0.2, 0.25) is 0 Å². The molecular formula is C15H23NO2. The van der Waals surface area contributed by atoms with Crippen molar-refractivity contribution in [3.8, 4) is 0 Å². The summed E-state index contributed by atoms with van der Waals surface area (Å²) in [6, 6.07) is 10.2. The van der Waals surface area contributed by atoms with Crippen LogP contribution in [-0.4, -0.2) is 39.5 Å². The molecule has 3 nitrogen and oxygen atoms in total. The molecule has 100 valence electrons. The minimum atomic E-state index is 0.655. The predicted molar refractivity (Wildman–Crippen MR) is 75.7 cm³/mol. The second-order valence-corrected chi connectivity index (χ2v) is 3.83. The van der Waals surface area contributed by atoms with Crippen molar-refractivity contribution in [2.75, 3.05) is 39.5 Å². The first kappa shape index (κ1) is 14.9. The lowest BCUT2D eigenvalue weighted by atomic mass is 10.2. The summed E-state index contributed by atoms with van der Waals surface area (Å²) < 4.78 is 10.7. The van der Waals surface area contributed by atoms with Gasteiger partial charge in [-0.15, -0.1) is 0 Å². The molecule has 1 aromatic rings. The molecule has 0 saturated heterocycles. The Bertz CT molecular complexity index is 312. The molecule has 1 aromatic carbocycles. The van der Waals surface area contributed by atoms with Crippen LogP contribution in [0.2, 0.25) is 0 Å². The van der Waals surface area contributed by atoms with Crippen LogP contribution in [0.5, 0.6) is 0 Å². The standard InChI is InChI=1S/C15H23NO2/c1-2-17-13-10-16-11-14-18-12-6-9-15-7-4-3-5-8-15/h3-9,16H,2,10-14H2,1H3. The van der Waals surface area contributed by atoms with Crippen LogP contribution in [0.15, 0.2) is 36.4 Å². The van der Waals surface area contributed by atoms with E-state index in [-0.39, 0.29) is 0 Å². The van der Waals surface area contributed by atoms with Crippen molar-refractivity contribution >= 4 is 6.08 Å². The molecule has 1 N–H and O–H groups in total. The maximum Gasteiger partial charge on any atom is 0.0651 e. The third-order valence-electron chi connectivity index (χ3n) is 2.37. The van der Waals surface area contributed by atoms with E-state index < -0.39 is 0 Å². The lowest BCUT2D eigenvalue weighted by Gasteiger charge is -2.04. The topological polar surface area (TPSA) is 30.5 Å². The fourth-order valence-electron chi connectivity index (χ4n) is 1.46. The van der Waals surface area contributed by atoms with E-state index in [1.807, 2.05) is 31.2 Å². The van der Waals surface area contributed by atoms with Crippen molar-refractivity contribution in [2.24, 2.45) is 0 Å². The molecule has 0 unspecified atom stereocenters. The highest BCUT2D eigenvalue weighted by atomic mass is 16.5. The van der Waals surface area contributed by atoms with Crippen molar-refractivity contribution in [3.05, 3.63) is 42.0 Å². The summed E-state index contributed by atoms with van der Waals surface area (Å²) in [6.07, 6.45) is 4.11. The van der Waals surface area contributed by atoms with Crippen LogP contribution in [0.3, 0.4) is 0 Å². The molecular weight excluding hydrogens is 226 g/mol. The van der Waals surface area contributed by atoms with Gasteiger partial charge in [-0.1, -0.05) is 42.5 Å². The molecule has 0 fully saturated rings. The predicted octanol–water partition coefficient (Wildman–Crippen LogP) is 2.34.